The van der Waals surface area contributed by atoms with Gasteiger partial charge in [-0.2, -0.15) is 0 Å². The summed E-state index contributed by atoms with van der Waals surface area (Å²) in [6.45, 7) is 2.49. The molecule has 1 aliphatic carbocycles. The van der Waals surface area contributed by atoms with Gasteiger partial charge in [-0.15, -0.1) is 0 Å². The molecule has 1 unspecified atom stereocenters. The Balaban J connectivity index is 1.98. The molecule has 4 heteroatoms. The van der Waals surface area contributed by atoms with Crippen LogP contribution in [-0.2, 0) is 11.3 Å². The minimum atomic E-state index is -0.768. The number of rotatable bonds is 5. The summed E-state index contributed by atoms with van der Waals surface area (Å²) in [6, 6.07) is 5.38. The van der Waals surface area contributed by atoms with E-state index in [1.807, 2.05) is 25.1 Å². The van der Waals surface area contributed by atoms with Crippen LogP contribution in [0.1, 0.15) is 24.0 Å². The molecule has 1 aromatic rings. The van der Waals surface area contributed by atoms with Gasteiger partial charge in [0.05, 0.1) is 0 Å². The molecule has 3 nitrogen and oxygen atoms in total. The lowest BCUT2D eigenvalue weighted by Crippen LogP contribution is -2.38. The van der Waals surface area contributed by atoms with Crippen LogP contribution in [0.15, 0.2) is 18.2 Å². The second kappa shape index (κ2) is 5.07. The molecule has 0 aromatic heterocycles. The summed E-state index contributed by atoms with van der Waals surface area (Å²) in [5.74, 6) is -0.479. The van der Waals surface area contributed by atoms with E-state index in [0.717, 1.165) is 24.0 Å². The minimum absolute atomic E-state index is 0.289. The van der Waals surface area contributed by atoms with E-state index in [0.29, 0.717) is 11.6 Å². The van der Waals surface area contributed by atoms with Gasteiger partial charge in [0.25, 0.3) is 0 Å². The number of benzene rings is 1. The zero-order valence-corrected chi connectivity index (χ0v) is 10.5. The predicted molar refractivity (Wildman–Crippen MR) is 67.2 cm³/mol. The fourth-order valence-electron chi connectivity index (χ4n) is 1.90. The number of carbonyl (C=O) groups is 1. The maximum absolute atomic E-state index is 11.0. The third kappa shape index (κ3) is 3.20. The lowest BCUT2D eigenvalue weighted by atomic mass is 10.1. The topological polar surface area (TPSA) is 49.3 Å². The van der Waals surface area contributed by atoms with E-state index in [-0.39, 0.29) is 5.92 Å². The Hall–Kier alpha value is -1.06. The normalized spacial score (nSPS) is 16.8. The quantitative estimate of drug-likeness (QED) is 0.848. The fraction of sp³-hybridized carbons (Fsp3) is 0.462. The highest BCUT2D eigenvalue weighted by Gasteiger charge is 2.35. The van der Waals surface area contributed by atoms with E-state index in [1.165, 1.54) is 0 Å². The van der Waals surface area contributed by atoms with Crippen LogP contribution in [-0.4, -0.2) is 17.1 Å². The van der Waals surface area contributed by atoms with Gasteiger partial charge in [-0.05, 0) is 42.9 Å². The first kappa shape index (κ1) is 12.4. The van der Waals surface area contributed by atoms with Gasteiger partial charge in [-0.3, -0.25) is 4.79 Å². The highest BCUT2D eigenvalue weighted by atomic mass is 35.5. The van der Waals surface area contributed by atoms with Gasteiger partial charge in [-0.1, -0.05) is 23.7 Å². The molecule has 0 amide bonds. The molecular formula is C13H16ClNO2. The van der Waals surface area contributed by atoms with E-state index in [1.54, 1.807) is 0 Å². The third-order valence-corrected chi connectivity index (χ3v) is 3.43. The molecule has 92 valence electrons. The van der Waals surface area contributed by atoms with E-state index in [9.17, 15) is 4.79 Å². The molecule has 2 rings (SSSR count). The first-order valence-electron chi connectivity index (χ1n) is 5.79. The molecule has 1 aromatic carbocycles. The lowest BCUT2D eigenvalue weighted by molar-refractivity contribution is -0.140. The van der Waals surface area contributed by atoms with Crippen molar-refractivity contribution in [3.63, 3.8) is 0 Å². The van der Waals surface area contributed by atoms with Crippen LogP contribution in [0, 0.1) is 12.8 Å². The molecule has 0 bridgehead atoms. The van der Waals surface area contributed by atoms with Crippen molar-refractivity contribution in [1.29, 1.82) is 0 Å². The van der Waals surface area contributed by atoms with Crippen molar-refractivity contribution in [3.8, 4) is 0 Å². The highest BCUT2D eigenvalue weighted by molar-refractivity contribution is 6.31. The van der Waals surface area contributed by atoms with Crippen LogP contribution in [0.2, 0.25) is 5.02 Å². The molecule has 2 N–H and O–H groups in total. The minimum Gasteiger partial charge on any atom is -0.480 e. The molecular weight excluding hydrogens is 238 g/mol. The van der Waals surface area contributed by atoms with E-state index in [4.69, 9.17) is 16.7 Å². The van der Waals surface area contributed by atoms with Gasteiger partial charge in [0.1, 0.15) is 6.04 Å². The molecule has 0 heterocycles. The SMILES string of the molecule is Cc1ccc(CNC(C(=O)O)C2CC2)c(Cl)c1. The van der Waals surface area contributed by atoms with Crippen molar-refractivity contribution in [2.45, 2.75) is 32.4 Å². The van der Waals surface area contributed by atoms with Crippen LogP contribution < -0.4 is 5.32 Å². The van der Waals surface area contributed by atoms with E-state index in [2.05, 4.69) is 5.32 Å². The average Bonchev–Trinajstić information content (AvgIpc) is 3.05. The fourth-order valence-corrected chi connectivity index (χ4v) is 2.20. The summed E-state index contributed by atoms with van der Waals surface area (Å²) >= 11 is 6.10. The second-order valence-corrected chi connectivity index (χ2v) is 5.04. The predicted octanol–water partition coefficient (Wildman–Crippen LogP) is 2.60. The van der Waals surface area contributed by atoms with Crippen molar-refractivity contribution in [2.24, 2.45) is 5.92 Å². The summed E-state index contributed by atoms with van der Waals surface area (Å²) in [7, 11) is 0. The Morgan fingerprint density at radius 2 is 2.29 bits per heavy atom. The number of aryl methyl sites for hydroxylation is 1. The van der Waals surface area contributed by atoms with Gasteiger partial charge in [0.2, 0.25) is 0 Å². The van der Waals surface area contributed by atoms with Crippen LogP contribution >= 0.6 is 11.6 Å². The number of nitrogens with one attached hydrogen (secondary N) is 1. The van der Waals surface area contributed by atoms with Crippen molar-refractivity contribution in [1.82, 2.24) is 5.32 Å². The number of carboxylic acids is 1. The summed E-state index contributed by atoms with van der Waals surface area (Å²) in [4.78, 5) is 11.0. The van der Waals surface area contributed by atoms with Gasteiger partial charge >= 0.3 is 5.97 Å². The summed E-state index contributed by atoms with van der Waals surface area (Å²) in [6.07, 6.45) is 2.01. The monoisotopic (exact) mass is 253 g/mol. The zero-order chi connectivity index (χ0) is 12.4. The van der Waals surface area contributed by atoms with Gasteiger partial charge in [-0.25, -0.2) is 0 Å². The Bertz CT molecular complexity index is 429. The Kier molecular flexibility index (Phi) is 3.69. The summed E-state index contributed by atoms with van der Waals surface area (Å²) < 4.78 is 0. The van der Waals surface area contributed by atoms with Gasteiger partial charge in [0, 0.05) is 11.6 Å². The molecule has 0 radical (unpaired) electrons. The van der Waals surface area contributed by atoms with Gasteiger partial charge in [0.15, 0.2) is 0 Å². The molecule has 1 saturated carbocycles. The van der Waals surface area contributed by atoms with Crippen LogP contribution in [0.4, 0.5) is 0 Å². The first-order chi connectivity index (χ1) is 8.08. The standard InChI is InChI=1S/C13H16ClNO2/c1-8-2-3-10(11(14)6-8)7-15-12(13(16)17)9-4-5-9/h2-3,6,9,12,15H,4-5,7H2,1H3,(H,16,17). The summed E-state index contributed by atoms with van der Waals surface area (Å²) in [5.41, 5.74) is 2.06. The number of halogens is 1. The maximum Gasteiger partial charge on any atom is 0.320 e. The smallest absolute Gasteiger partial charge is 0.320 e. The Labute approximate surface area is 106 Å². The number of hydrogen-bond donors (Lipinski definition) is 2. The number of carboxylic acid groups (broad SMARTS) is 1. The van der Waals surface area contributed by atoms with Crippen molar-refractivity contribution in [3.05, 3.63) is 34.3 Å². The van der Waals surface area contributed by atoms with Crippen molar-refractivity contribution >= 4 is 17.6 Å². The maximum atomic E-state index is 11.0. The van der Waals surface area contributed by atoms with Crippen molar-refractivity contribution < 1.29 is 9.90 Å². The largest absolute Gasteiger partial charge is 0.480 e. The molecule has 0 spiro atoms. The lowest BCUT2D eigenvalue weighted by Gasteiger charge is -2.14. The summed E-state index contributed by atoms with van der Waals surface area (Å²) in [5, 5.41) is 12.8. The molecule has 1 atom stereocenters. The number of aliphatic carboxylic acids is 1. The van der Waals surface area contributed by atoms with Crippen molar-refractivity contribution in [2.75, 3.05) is 0 Å². The van der Waals surface area contributed by atoms with Gasteiger partial charge < -0.3 is 10.4 Å². The van der Waals surface area contributed by atoms with Crippen LogP contribution in [0.3, 0.4) is 0 Å². The molecule has 0 saturated heterocycles. The second-order valence-electron chi connectivity index (χ2n) is 4.63. The average molecular weight is 254 g/mol. The third-order valence-electron chi connectivity index (χ3n) is 3.08. The van der Waals surface area contributed by atoms with E-state index >= 15 is 0 Å². The molecule has 1 aliphatic rings. The Morgan fingerprint density at radius 1 is 1.59 bits per heavy atom. The zero-order valence-electron chi connectivity index (χ0n) is 9.74. The first-order valence-corrected chi connectivity index (χ1v) is 6.17. The number of hydrogen-bond acceptors (Lipinski definition) is 2. The molecule has 17 heavy (non-hydrogen) atoms. The highest BCUT2D eigenvalue weighted by Crippen LogP contribution is 2.33. The van der Waals surface area contributed by atoms with Crippen LogP contribution in [0.25, 0.3) is 0 Å². The Morgan fingerprint density at radius 3 is 2.82 bits per heavy atom. The molecule has 0 aliphatic heterocycles. The molecule has 1 fully saturated rings. The van der Waals surface area contributed by atoms with Crippen LogP contribution in [0.5, 0.6) is 0 Å². The van der Waals surface area contributed by atoms with E-state index < -0.39 is 12.0 Å².